The van der Waals surface area contributed by atoms with E-state index in [1.54, 1.807) is 0 Å². The number of unbranched alkanes of at least 4 members (excludes halogenated alkanes) is 26. The van der Waals surface area contributed by atoms with Gasteiger partial charge in [0.2, 0.25) is 0 Å². The van der Waals surface area contributed by atoms with Crippen molar-refractivity contribution in [3.8, 4) is 0 Å². The number of esters is 3. The molecule has 6 heteroatoms. The molecule has 0 saturated heterocycles. The number of ether oxygens (including phenoxy) is 3. The van der Waals surface area contributed by atoms with Crippen molar-refractivity contribution in [1.82, 2.24) is 0 Å². The van der Waals surface area contributed by atoms with Gasteiger partial charge in [0.15, 0.2) is 6.10 Å². The van der Waals surface area contributed by atoms with Crippen molar-refractivity contribution in [2.75, 3.05) is 13.2 Å². The van der Waals surface area contributed by atoms with Crippen LogP contribution in [0, 0.1) is 0 Å². The third kappa shape index (κ3) is 44.3. The van der Waals surface area contributed by atoms with E-state index < -0.39 is 6.10 Å². The summed E-state index contributed by atoms with van der Waals surface area (Å²) in [5.41, 5.74) is 0. The number of hydrogen-bond acceptors (Lipinski definition) is 6. The first-order chi connectivity index (χ1) is 28.0. The van der Waals surface area contributed by atoms with E-state index in [2.05, 4.69) is 69.4 Å². The Balaban J connectivity index is 4.37. The van der Waals surface area contributed by atoms with Gasteiger partial charge in [-0.2, -0.15) is 0 Å². The first kappa shape index (κ1) is 54.4. The summed E-state index contributed by atoms with van der Waals surface area (Å²) in [6.45, 7) is 6.54. The molecule has 0 N–H and O–H groups in total. The van der Waals surface area contributed by atoms with Gasteiger partial charge in [0.1, 0.15) is 13.2 Å². The summed E-state index contributed by atoms with van der Waals surface area (Å²) in [4.78, 5) is 37.7. The van der Waals surface area contributed by atoms with Gasteiger partial charge in [0.05, 0.1) is 0 Å². The molecule has 0 bridgehead atoms. The highest BCUT2D eigenvalue weighted by Gasteiger charge is 2.19. The lowest BCUT2D eigenvalue weighted by atomic mass is 10.1. The quantitative estimate of drug-likeness (QED) is 0.0201. The average Bonchev–Trinajstić information content (AvgIpc) is 3.21. The highest BCUT2D eigenvalue weighted by molar-refractivity contribution is 5.71. The predicted octanol–water partition coefficient (Wildman–Crippen LogP) is 15.5. The Labute approximate surface area is 352 Å². The molecule has 0 aromatic carbocycles. The Kier molecular flexibility index (Phi) is 43.9. The van der Waals surface area contributed by atoms with Crippen LogP contribution in [0.4, 0.5) is 0 Å². The summed E-state index contributed by atoms with van der Waals surface area (Å²) in [6.07, 6.45) is 53.8. The molecule has 0 amide bonds. The second kappa shape index (κ2) is 46.1. The summed E-state index contributed by atoms with van der Waals surface area (Å²) in [6, 6.07) is 0. The first-order valence-electron chi connectivity index (χ1n) is 24.2. The smallest absolute Gasteiger partial charge is 0.306 e. The van der Waals surface area contributed by atoms with E-state index in [1.165, 1.54) is 103 Å². The maximum absolute atomic E-state index is 12.7. The zero-order valence-corrected chi connectivity index (χ0v) is 37.6. The molecule has 0 aromatic rings. The largest absolute Gasteiger partial charge is 0.462 e. The number of allylic oxidation sites excluding steroid dienone is 8. The third-order valence-electron chi connectivity index (χ3n) is 10.4. The minimum absolute atomic E-state index is 0.0845. The topological polar surface area (TPSA) is 78.9 Å². The fourth-order valence-electron chi connectivity index (χ4n) is 6.66. The van der Waals surface area contributed by atoms with Gasteiger partial charge >= 0.3 is 17.9 Å². The molecule has 1 atom stereocenters. The Morgan fingerprint density at radius 2 is 0.667 bits per heavy atom. The summed E-state index contributed by atoms with van der Waals surface area (Å²) in [5, 5.41) is 0. The number of hydrogen-bond donors (Lipinski definition) is 0. The van der Waals surface area contributed by atoms with Crippen LogP contribution in [0.25, 0.3) is 0 Å². The fraction of sp³-hybridized carbons (Fsp3) is 0.784. The Morgan fingerprint density at radius 1 is 0.351 bits per heavy atom. The number of rotatable bonds is 43. The van der Waals surface area contributed by atoms with E-state index in [-0.39, 0.29) is 31.1 Å². The highest BCUT2D eigenvalue weighted by Crippen LogP contribution is 2.14. The van der Waals surface area contributed by atoms with E-state index in [9.17, 15) is 14.4 Å². The van der Waals surface area contributed by atoms with Crippen molar-refractivity contribution in [2.45, 2.75) is 245 Å². The molecule has 0 heterocycles. The summed E-state index contributed by atoms with van der Waals surface area (Å²) in [5.74, 6) is -0.915. The van der Waals surface area contributed by atoms with Crippen molar-refractivity contribution in [3.05, 3.63) is 48.6 Å². The van der Waals surface area contributed by atoms with Crippen molar-refractivity contribution in [2.24, 2.45) is 0 Å². The fourth-order valence-corrected chi connectivity index (χ4v) is 6.66. The van der Waals surface area contributed by atoms with Crippen LogP contribution in [-0.2, 0) is 28.6 Å². The van der Waals surface area contributed by atoms with Crippen molar-refractivity contribution < 1.29 is 28.6 Å². The maximum Gasteiger partial charge on any atom is 0.306 e. The second-order valence-electron chi connectivity index (χ2n) is 16.1. The van der Waals surface area contributed by atoms with Crippen LogP contribution in [0.15, 0.2) is 48.6 Å². The molecule has 0 spiro atoms. The Hall–Kier alpha value is -2.63. The van der Waals surface area contributed by atoms with Crippen LogP contribution < -0.4 is 0 Å². The van der Waals surface area contributed by atoms with Crippen LogP contribution in [0.5, 0.6) is 0 Å². The molecule has 0 rings (SSSR count). The van der Waals surface area contributed by atoms with Gasteiger partial charge in [-0.05, 0) is 64.2 Å². The predicted molar refractivity (Wildman–Crippen MR) is 242 cm³/mol. The van der Waals surface area contributed by atoms with Crippen LogP contribution in [0.1, 0.15) is 239 Å². The normalized spacial score (nSPS) is 12.4. The first-order valence-corrected chi connectivity index (χ1v) is 24.2. The summed E-state index contributed by atoms with van der Waals surface area (Å²) in [7, 11) is 0. The van der Waals surface area contributed by atoms with Crippen LogP contribution in [0.3, 0.4) is 0 Å². The molecule has 330 valence electrons. The second-order valence-corrected chi connectivity index (χ2v) is 16.1. The van der Waals surface area contributed by atoms with Gasteiger partial charge in [-0.1, -0.05) is 204 Å². The summed E-state index contributed by atoms with van der Waals surface area (Å²) >= 11 is 0. The molecule has 0 radical (unpaired) electrons. The molecular formula is C51H90O6. The zero-order valence-electron chi connectivity index (χ0n) is 37.6. The van der Waals surface area contributed by atoms with Crippen molar-refractivity contribution >= 4 is 17.9 Å². The molecule has 0 aromatic heterocycles. The minimum atomic E-state index is -0.781. The van der Waals surface area contributed by atoms with Crippen molar-refractivity contribution in [1.29, 1.82) is 0 Å². The molecule has 57 heavy (non-hydrogen) atoms. The standard InChI is InChI=1S/C51H90O6/c1-4-7-10-13-16-19-22-23-24-25-26-27-28-30-32-35-38-41-44-50(53)56-47-48(46-55-49(52)43-40-37-34-31-21-18-15-12-9-6-3)57-51(54)45-42-39-36-33-29-20-17-14-11-8-5-2/h15,18,22-27,48H,4-14,16-17,19-21,28-47H2,1-3H3/b18-15-,23-22-,25-24-,27-26-. The SMILES string of the molecule is CCCC/C=C\CCCCCCC(=O)OCC(COC(=O)CCCCCCC\C=C/C=C\C=C/CCCCCCC)OC(=O)CCCCCCCCCCCCC. The minimum Gasteiger partial charge on any atom is -0.462 e. The summed E-state index contributed by atoms with van der Waals surface area (Å²) < 4.78 is 16.7. The third-order valence-corrected chi connectivity index (χ3v) is 10.4. The lowest BCUT2D eigenvalue weighted by Crippen LogP contribution is -2.30. The van der Waals surface area contributed by atoms with E-state index in [0.717, 1.165) is 96.3 Å². The van der Waals surface area contributed by atoms with E-state index in [4.69, 9.17) is 14.2 Å². The van der Waals surface area contributed by atoms with Crippen molar-refractivity contribution in [3.63, 3.8) is 0 Å². The van der Waals surface area contributed by atoms with Gasteiger partial charge in [-0.25, -0.2) is 0 Å². The van der Waals surface area contributed by atoms with Gasteiger partial charge in [0.25, 0.3) is 0 Å². The van der Waals surface area contributed by atoms with Gasteiger partial charge < -0.3 is 14.2 Å². The van der Waals surface area contributed by atoms with Gasteiger partial charge in [-0.15, -0.1) is 0 Å². The van der Waals surface area contributed by atoms with E-state index in [0.29, 0.717) is 19.3 Å². The lowest BCUT2D eigenvalue weighted by molar-refractivity contribution is -0.167. The average molecular weight is 799 g/mol. The monoisotopic (exact) mass is 799 g/mol. The Bertz CT molecular complexity index is 1010. The van der Waals surface area contributed by atoms with E-state index in [1.807, 2.05) is 0 Å². The highest BCUT2D eigenvalue weighted by atomic mass is 16.6. The molecule has 0 aliphatic carbocycles. The van der Waals surface area contributed by atoms with E-state index >= 15 is 0 Å². The maximum atomic E-state index is 12.7. The molecular weight excluding hydrogens is 709 g/mol. The number of carbonyl (C=O) groups is 3. The molecule has 0 fully saturated rings. The molecule has 1 unspecified atom stereocenters. The molecule has 0 aliphatic heterocycles. The molecule has 0 saturated carbocycles. The van der Waals surface area contributed by atoms with Gasteiger partial charge in [-0.3, -0.25) is 14.4 Å². The van der Waals surface area contributed by atoms with Gasteiger partial charge in [0, 0.05) is 19.3 Å². The van der Waals surface area contributed by atoms with Crippen LogP contribution in [0.2, 0.25) is 0 Å². The number of carbonyl (C=O) groups excluding carboxylic acids is 3. The van der Waals surface area contributed by atoms with Crippen LogP contribution >= 0.6 is 0 Å². The Morgan fingerprint density at radius 3 is 1.07 bits per heavy atom. The lowest BCUT2D eigenvalue weighted by Gasteiger charge is -2.18. The van der Waals surface area contributed by atoms with Crippen LogP contribution in [-0.4, -0.2) is 37.2 Å². The molecule has 6 nitrogen and oxygen atoms in total. The zero-order chi connectivity index (χ0) is 41.5. The molecule has 0 aliphatic rings.